The number of ether oxygens (including phenoxy) is 5. The van der Waals surface area contributed by atoms with Gasteiger partial charge in [0.2, 0.25) is 11.8 Å². The van der Waals surface area contributed by atoms with Crippen molar-refractivity contribution in [2.24, 2.45) is 0 Å². The highest BCUT2D eigenvalue weighted by molar-refractivity contribution is 5.93. The Balaban J connectivity index is 1.87. The Morgan fingerprint density at radius 1 is 1.19 bits per heavy atom. The van der Waals surface area contributed by atoms with Crippen molar-refractivity contribution in [2.75, 3.05) is 20.8 Å². The summed E-state index contributed by atoms with van der Waals surface area (Å²) in [6.07, 6.45) is 0.864. The normalized spacial score (nSPS) is 30.0. The molecule has 0 unspecified atom stereocenters. The second kappa shape index (κ2) is 8.79. The third-order valence-electron chi connectivity index (χ3n) is 4.10. The fourth-order valence-electron chi connectivity index (χ4n) is 2.83. The van der Waals surface area contributed by atoms with Gasteiger partial charge in [-0.25, -0.2) is 0 Å². The minimum absolute atomic E-state index is 0.268. The first kappa shape index (κ1) is 21.3. The number of nitrogens with one attached hydrogen (secondary N) is 2. The summed E-state index contributed by atoms with van der Waals surface area (Å²) in [6, 6.07) is -0.833. The molecule has 10 heteroatoms. The van der Waals surface area contributed by atoms with Crippen LogP contribution in [0.15, 0.2) is 12.2 Å². The van der Waals surface area contributed by atoms with Crippen molar-refractivity contribution in [1.82, 2.24) is 10.6 Å². The summed E-state index contributed by atoms with van der Waals surface area (Å²) in [5.41, 5.74) is 0. The zero-order chi connectivity index (χ0) is 20.2. The lowest BCUT2D eigenvalue weighted by Crippen LogP contribution is -2.45. The topological polar surface area (TPSA) is 121 Å². The molecule has 2 heterocycles. The maximum Gasteiger partial charge on any atom is 0.325 e. The molecule has 2 amide bonds. The van der Waals surface area contributed by atoms with Gasteiger partial charge >= 0.3 is 5.97 Å². The fraction of sp³-hybridized carbons (Fsp3) is 0.706. The van der Waals surface area contributed by atoms with Gasteiger partial charge in [0.1, 0.15) is 30.9 Å². The molecule has 0 aromatic rings. The fourth-order valence-corrected chi connectivity index (χ4v) is 2.83. The van der Waals surface area contributed by atoms with Gasteiger partial charge in [-0.05, 0) is 26.8 Å². The van der Waals surface area contributed by atoms with E-state index in [1.807, 2.05) is 0 Å². The molecule has 0 bridgehead atoms. The van der Waals surface area contributed by atoms with Gasteiger partial charge in [0.25, 0.3) is 0 Å². The summed E-state index contributed by atoms with van der Waals surface area (Å²) in [5, 5.41) is 4.86. The Kier molecular flexibility index (Phi) is 6.93. The van der Waals surface area contributed by atoms with Crippen molar-refractivity contribution < 1.29 is 38.1 Å². The summed E-state index contributed by atoms with van der Waals surface area (Å²) >= 11 is 0. The van der Waals surface area contributed by atoms with Crippen molar-refractivity contribution in [2.45, 2.75) is 57.2 Å². The number of methoxy groups -OCH3 is 2. The number of hydrogen-bond acceptors (Lipinski definition) is 8. The molecular weight excluding hydrogens is 360 g/mol. The average molecular weight is 386 g/mol. The summed E-state index contributed by atoms with van der Waals surface area (Å²) < 4.78 is 26.9. The molecule has 0 aromatic heterocycles. The number of esters is 1. The lowest BCUT2D eigenvalue weighted by atomic mass is 10.1. The second-order valence-corrected chi connectivity index (χ2v) is 6.65. The van der Waals surface area contributed by atoms with Gasteiger partial charge in [-0.2, -0.15) is 0 Å². The van der Waals surface area contributed by atoms with E-state index in [9.17, 15) is 14.4 Å². The summed E-state index contributed by atoms with van der Waals surface area (Å²) in [5.74, 6) is -2.34. The Labute approximate surface area is 157 Å². The molecule has 10 nitrogen and oxygen atoms in total. The standard InChI is InChI=1S/C17H26N2O8/c1-9(15(22)18-8-12(21)23-4)19-11(20)7-6-10-13-14(16(24-5)25-10)27-17(2,3)26-13/h6-7,9-10,13-14,16H,8H2,1-5H3,(H,18,22)(H,19,20)/b7-6+/t9-,10+,13+,14+,16+/m0/s1. The third kappa shape index (κ3) is 5.48. The van der Waals surface area contributed by atoms with E-state index in [2.05, 4.69) is 15.4 Å². The van der Waals surface area contributed by atoms with E-state index < -0.39 is 54.2 Å². The molecular formula is C17H26N2O8. The van der Waals surface area contributed by atoms with E-state index in [4.69, 9.17) is 18.9 Å². The van der Waals surface area contributed by atoms with Gasteiger partial charge in [-0.1, -0.05) is 0 Å². The molecule has 2 aliphatic heterocycles. The van der Waals surface area contributed by atoms with Crippen LogP contribution in [-0.4, -0.2) is 75.0 Å². The maximum atomic E-state index is 12.1. The van der Waals surface area contributed by atoms with Crippen LogP contribution < -0.4 is 10.6 Å². The van der Waals surface area contributed by atoms with Crippen molar-refractivity contribution in [3.63, 3.8) is 0 Å². The van der Waals surface area contributed by atoms with Crippen molar-refractivity contribution in [3.05, 3.63) is 12.2 Å². The van der Waals surface area contributed by atoms with E-state index in [-0.39, 0.29) is 6.54 Å². The van der Waals surface area contributed by atoms with E-state index in [1.165, 1.54) is 33.3 Å². The minimum atomic E-state index is -0.833. The predicted molar refractivity (Wildman–Crippen MR) is 91.3 cm³/mol. The molecule has 0 aromatic carbocycles. The summed E-state index contributed by atoms with van der Waals surface area (Å²) in [4.78, 5) is 34.9. The Hall–Kier alpha value is -2.01. The lowest BCUT2D eigenvalue weighted by molar-refractivity contribution is -0.221. The van der Waals surface area contributed by atoms with Crippen LogP contribution in [0.3, 0.4) is 0 Å². The van der Waals surface area contributed by atoms with Crippen LogP contribution in [0.1, 0.15) is 20.8 Å². The van der Waals surface area contributed by atoms with Crippen LogP contribution in [0.4, 0.5) is 0 Å². The van der Waals surface area contributed by atoms with E-state index in [1.54, 1.807) is 13.8 Å². The molecule has 27 heavy (non-hydrogen) atoms. The van der Waals surface area contributed by atoms with E-state index >= 15 is 0 Å². The number of hydrogen-bond donors (Lipinski definition) is 2. The third-order valence-corrected chi connectivity index (χ3v) is 4.10. The number of carbonyl (C=O) groups is 3. The molecule has 2 saturated heterocycles. The predicted octanol–water partition coefficient (Wildman–Crippen LogP) is -0.772. The molecule has 0 aliphatic carbocycles. The number of carbonyl (C=O) groups excluding carboxylic acids is 3. The Bertz CT molecular complexity index is 606. The molecule has 152 valence electrons. The van der Waals surface area contributed by atoms with Crippen molar-refractivity contribution in [3.8, 4) is 0 Å². The largest absolute Gasteiger partial charge is 0.468 e. The summed E-state index contributed by atoms with van der Waals surface area (Å²) in [7, 11) is 2.72. The smallest absolute Gasteiger partial charge is 0.325 e. The van der Waals surface area contributed by atoms with E-state index in [0.29, 0.717) is 0 Å². The first-order valence-electron chi connectivity index (χ1n) is 8.54. The quantitative estimate of drug-likeness (QED) is 0.432. The highest BCUT2D eigenvalue weighted by Gasteiger charge is 2.54. The monoisotopic (exact) mass is 386 g/mol. The molecule has 2 N–H and O–H groups in total. The molecule has 0 spiro atoms. The Morgan fingerprint density at radius 3 is 2.48 bits per heavy atom. The van der Waals surface area contributed by atoms with Gasteiger partial charge in [-0.3, -0.25) is 14.4 Å². The Morgan fingerprint density at radius 2 is 1.85 bits per heavy atom. The van der Waals surface area contributed by atoms with Gasteiger partial charge in [0.05, 0.1) is 7.11 Å². The van der Waals surface area contributed by atoms with Crippen molar-refractivity contribution >= 4 is 17.8 Å². The van der Waals surface area contributed by atoms with Crippen LogP contribution in [0.25, 0.3) is 0 Å². The van der Waals surface area contributed by atoms with Crippen LogP contribution in [0.2, 0.25) is 0 Å². The van der Waals surface area contributed by atoms with Crippen LogP contribution in [0.5, 0.6) is 0 Å². The second-order valence-electron chi connectivity index (χ2n) is 6.65. The molecule has 2 fully saturated rings. The molecule has 5 atom stereocenters. The number of rotatable bonds is 7. The van der Waals surface area contributed by atoms with Crippen LogP contribution in [0, 0.1) is 0 Å². The van der Waals surface area contributed by atoms with Gasteiger partial charge in [0, 0.05) is 13.2 Å². The highest BCUT2D eigenvalue weighted by atomic mass is 16.8. The zero-order valence-electron chi connectivity index (χ0n) is 16.0. The van der Waals surface area contributed by atoms with Crippen LogP contribution >= 0.6 is 0 Å². The van der Waals surface area contributed by atoms with Crippen molar-refractivity contribution in [1.29, 1.82) is 0 Å². The summed E-state index contributed by atoms with van der Waals surface area (Å²) in [6.45, 7) is 4.81. The molecule has 2 aliphatic rings. The molecule has 0 saturated carbocycles. The average Bonchev–Trinajstić information content (AvgIpc) is 3.10. The first-order valence-corrected chi connectivity index (χ1v) is 8.54. The van der Waals surface area contributed by atoms with Crippen LogP contribution in [-0.2, 0) is 38.1 Å². The van der Waals surface area contributed by atoms with E-state index in [0.717, 1.165) is 0 Å². The van der Waals surface area contributed by atoms with Gasteiger partial charge < -0.3 is 34.3 Å². The molecule has 0 radical (unpaired) electrons. The lowest BCUT2D eigenvalue weighted by Gasteiger charge is -2.22. The first-order chi connectivity index (χ1) is 12.7. The maximum absolute atomic E-state index is 12.1. The minimum Gasteiger partial charge on any atom is -0.468 e. The number of amides is 2. The highest BCUT2D eigenvalue weighted by Crippen LogP contribution is 2.39. The molecule has 2 rings (SSSR count). The zero-order valence-corrected chi connectivity index (χ0v) is 16.0. The number of fused-ring (bicyclic) bond motifs is 1. The SMILES string of the molecule is COC(=O)CNC(=O)[C@H](C)NC(=O)/C=C/[C@H]1O[C@@H](OC)[C@@H]2OC(C)(C)O[C@@H]21. The van der Waals surface area contributed by atoms with Gasteiger partial charge in [-0.15, -0.1) is 0 Å². The van der Waals surface area contributed by atoms with Gasteiger partial charge in [0.15, 0.2) is 12.1 Å².